The Morgan fingerprint density at radius 1 is 1.56 bits per heavy atom. The Kier molecular flexibility index (Phi) is 29.1. The van der Waals surface area contributed by atoms with E-state index in [9.17, 15) is 9.90 Å². The fourth-order valence-corrected chi connectivity index (χ4v) is 0. The molecule has 0 aromatic rings. The second kappa shape index (κ2) is 11.6. The van der Waals surface area contributed by atoms with Crippen LogP contribution in [0.2, 0.25) is 0 Å². The van der Waals surface area contributed by atoms with Gasteiger partial charge in [-0.05, 0) is 6.92 Å². The molecule has 0 saturated carbocycles. The van der Waals surface area contributed by atoms with Crippen molar-refractivity contribution in [2.75, 3.05) is 0 Å². The van der Waals surface area contributed by atoms with Crippen molar-refractivity contribution in [1.82, 2.24) is 6.15 Å². The zero-order valence-electron chi connectivity index (χ0n) is 5.34. The maximum atomic E-state index is 9.34. The summed E-state index contributed by atoms with van der Waals surface area (Å²) in [5.74, 6) is -1.44. The van der Waals surface area contributed by atoms with Gasteiger partial charge in [0.05, 0.1) is 12.1 Å². The van der Waals surface area contributed by atoms with Crippen molar-refractivity contribution in [3.8, 4) is 0 Å². The van der Waals surface area contributed by atoms with E-state index in [0.717, 1.165) is 6.92 Å². The third-order valence-electron chi connectivity index (χ3n) is 0.341. The Morgan fingerprint density at radius 2 is 1.67 bits per heavy atom. The summed E-state index contributed by atoms with van der Waals surface area (Å²) in [4.78, 5) is 9.34. The minimum atomic E-state index is -1.44. The number of aliphatic hydroxyl groups is 1. The number of hydrogen-bond donors (Lipinski definition) is 2. The predicted octanol–water partition coefficient (Wildman–Crippen LogP) is -1.51. The molecule has 0 saturated heterocycles. The van der Waals surface area contributed by atoms with E-state index in [1.54, 1.807) is 0 Å². The largest absolute Gasteiger partial charge is 0.547 e. The van der Waals surface area contributed by atoms with Gasteiger partial charge in [0.1, 0.15) is 0 Å². The second-order valence-corrected chi connectivity index (χ2v) is 0.995. The average molecular weight is 203 g/mol. The third-order valence-corrected chi connectivity index (χ3v) is 0.341. The second-order valence-electron chi connectivity index (χ2n) is 0.995. The Labute approximate surface area is 83.4 Å². The number of quaternary nitrogens is 1. The molecule has 9 heavy (non-hydrogen) atoms. The van der Waals surface area contributed by atoms with E-state index >= 15 is 0 Å². The van der Waals surface area contributed by atoms with Gasteiger partial charge in [0.15, 0.2) is 0 Å². The molecule has 0 spiro atoms. The molecule has 0 radical (unpaired) electrons. The zero-order valence-corrected chi connectivity index (χ0v) is 8.46. The normalized spacial score (nSPS) is 9.11. The number of carbonyl (C=O) groups is 1. The first kappa shape index (κ1) is 22.6. The fourth-order valence-electron chi connectivity index (χ4n) is 0. The van der Waals surface area contributed by atoms with Crippen LogP contribution in [-0.4, -0.2) is 17.2 Å². The number of hydrogen-bond acceptors (Lipinski definition) is 3. The van der Waals surface area contributed by atoms with Crippen molar-refractivity contribution in [2.45, 2.75) is 13.0 Å². The van der Waals surface area contributed by atoms with Crippen molar-refractivity contribution in [2.24, 2.45) is 0 Å². The van der Waals surface area contributed by atoms with E-state index in [1.165, 1.54) is 0 Å². The van der Waals surface area contributed by atoms with Gasteiger partial charge in [-0.2, -0.15) is 0 Å². The van der Waals surface area contributed by atoms with Gasteiger partial charge in [-0.1, -0.05) is 0 Å². The number of carbonyl (C=O) groups excluding carboxylic acids is 1. The van der Waals surface area contributed by atoms with Crippen LogP contribution >= 0.6 is 0 Å². The molecule has 0 fully saturated rings. The van der Waals surface area contributed by atoms with Gasteiger partial charge < -0.3 is 21.2 Å². The Bertz CT molecular complexity index is 68.1. The summed E-state index contributed by atoms with van der Waals surface area (Å²) < 4.78 is 0. The molecule has 0 aliphatic rings. The summed E-state index contributed by atoms with van der Waals surface area (Å²) in [6.07, 6.45) is -1.34. The van der Waals surface area contributed by atoms with Gasteiger partial charge in [0.25, 0.3) is 0 Å². The number of aliphatic carboxylic acids is 1. The summed E-state index contributed by atoms with van der Waals surface area (Å²) in [6.45, 7) is 1.13. The van der Waals surface area contributed by atoms with Crippen molar-refractivity contribution >= 4 is 5.97 Å². The van der Waals surface area contributed by atoms with Crippen molar-refractivity contribution in [3.63, 3.8) is 0 Å². The molecule has 1 unspecified atom stereocenters. The van der Waals surface area contributed by atoms with Crippen LogP contribution in [0.5, 0.6) is 0 Å². The average Bonchev–Trinajstić information content (AvgIpc) is 1.36. The number of carboxylic acids is 1. The summed E-state index contributed by atoms with van der Waals surface area (Å²) in [5.41, 5.74) is 0. The minimum absolute atomic E-state index is 0. The molecular formula is C3H9NO3Ti2. The number of aliphatic hydroxyl groups excluding tert-OH is 1. The van der Waals surface area contributed by atoms with Gasteiger partial charge in [0, 0.05) is 43.4 Å². The predicted molar refractivity (Wildman–Crippen MR) is 22.7 cm³/mol. The molecule has 52 valence electrons. The van der Waals surface area contributed by atoms with Gasteiger partial charge in [-0.3, -0.25) is 0 Å². The van der Waals surface area contributed by atoms with Gasteiger partial charge in [-0.25, -0.2) is 0 Å². The van der Waals surface area contributed by atoms with E-state index in [0.29, 0.717) is 0 Å². The van der Waals surface area contributed by atoms with Crippen LogP contribution in [0.15, 0.2) is 0 Å². The minimum Gasteiger partial charge on any atom is -0.547 e. The first-order valence-corrected chi connectivity index (χ1v) is 1.53. The summed E-state index contributed by atoms with van der Waals surface area (Å²) in [6, 6.07) is 0. The molecule has 4 nitrogen and oxygen atoms in total. The molecule has 0 rings (SSSR count). The molecule has 1 atom stereocenters. The molecule has 0 amide bonds. The first-order valence-electron chi connectivity index (χ1n) is 1.53. The van der Waals surface area contributed by atoms with Crippen LogP contribution in [0.1, 0.15) is 6.92 Å². The molecule has 0 aliphatic heterocycles. The monoisotopic (exact) mass is 203 g/mol. The fraction of sp³-hybridized carbons (Fsp3) is 0.667. The maximum Gasteiger partial charge on any atom is 0.0905 e. The molecule has 0 bridgehead atoms. The maximum absolute atomic E-state index is 9.34. The van der Waals surface area contributed by atoms with Crippen LogP contribution < -0.4 is 11.3 Å². The third kappa shape index (κ3) is 17.7. The summed E-state index contributed by atoms with van der Waals surface area (Å²) in [7, 11) is 0. The Hall–Kier alpha value is 0.819. The van der Waals surface area contributed by atoms with Crippen molar-refractivity contribution in [3.05, 3.63) is 0 Å². The molecule has 0 heterocycles. The van der Waals surface area contributed by atoms with E-state index in [2.05, 4.69) is 0 Å². The van der Waals surface area contributed by atoms with E-state index in [-0.39, 0.29) is 49.6 Å². The molecule has 0 aromatic heterocycles. The molecular weight excluding hydrogens is 194 g/mol. The van der Waals surface area contributed by atoms with Gasteiger partial charge >= 0.3 is 0 Å². The molecule has 0 aliphatic carbocycles. The summed E-state index contributed by atoms with van der Waals surface area (Å²) >= 11 is 0. The van der Waals surface area contributed by atoms with Crippen LogP contribution in [0, 0.1) is 0 Å². The smallest absolute Gasteiger partial charge is 0.0905 e. The standard InChI is InChI=1S/C3H6O3.H3N.2Ti/c1-2(4)3(5)6;;;/h2,4H,1H3,(H,5,6);1H3;;. The van der Waals surface area contributed by atoms with Crippen molar-refractivity contribution in [1.29, 1.82) is 0 Å². The van der Waals surface area contributed by atoms with Gasteiger partial charge in [0.2, 0.25) is 0 Å². The first-order chi connectivity index (χ1) is 2.64. The molecule has 0 aromatic carbocycles. The van der Waals surface area contributed by atoms with Crippen LogP contribution in [0.3, 0.4) is 0 Å². The Morgan fingerprint density at radius 3 is 1.67 bits per heavy atom. The van der Waals surface area contributed by atoms with Gasteiger partial charge in [-0.15, -0.1) is 0 Å². The summed E-state index contributed by atoms with van der Waals surface area (Å²) in [5, 5.41) is 17.3. The zero-order chi connectivity index (χ0) is 5.15. The SMILES string of the molecule is CC(O)C(=O)[O-].[NH4+].[Ti].[Ti]. The van der Waals surface area contributed by atoms with Crippen LogP contribution in [0.4, 0.5) is 0 Å². The van der Waals surface area contributed by atoms with Crippen LogP contribution in [0.25, 0.3) is 0 Å². The van der Waals surface area contributed by atoms with Crippen LogP contribution in [-0.2, 0) is 48.2 Å². The van der Waals surface area contributed by atoms with E-state index < -0.39 is 12.1 Å². The topological polar surface area (TPSA) is 96.9 Å². The Balaban J connectivity index is -0.0000000417. The number of rotatable bonds is 1. The quantitative estimate of drug-likeness (QED) is 0.506. The molecule has 5 N–H and O–H groups in total. The van der Waals surface area contributed by atoms with Crippen molar-refractivity contribution < 1.29 is 58.4 Å². The van der Waals surface area contributed by atoms with E-state index in [4.69, 9.17) is 5.11 Å². The van der Waals surface area contributed by atoms with E-state index in [1.807, 2.05) is 0 Å². The number of carboxylic acid groups (broad SMARTS) is 1. The molecule has 6 heteroatoms.